The summed E-state index contributed by atoms with van der Waals surface area (Å²) in [6.45, 7) is 7.46. The summed E-state index contributed by atoms with van der Waals surface area (Å²) in [5, 5.41) is 0.236. The maximum Gasteiger partial charge on any atom is 0.334 e. The van der Waals surface area contributed by atoms with Crippen molar-refractivity contribution in [3.8, 4) is 17.2 Å². The zero-order valence-electron chi connectivity index (χ0n) is 19.4. The molecule has 10 nitrogen and oxygen atoms in total. The molecule has 2 aliphatic rings. The zero-order chi connectivity index (χ0) is 24.1. The summed E-state index contributed by atoms with van der Waals surface area (Å²) >= 11 is 0. The molecule has 4 heterocycles. The van der Waals surface area contributed by atoms with E-state index in [4.69, 9.17) is 9.47 Å². The van der Waals surface area contributed by atoms with Gasteiger partial charge < -0.3 is 19.3 Å². The Bertz CT molecular complexity index is 1570. The van der Waals surface area contributed by atoms with Crippen LogP contribution in [0.1, 0.15) is 11.1 Å². The largest absolute Gasteiger partial charge is 0.454 e. The number of nitrogens with zero attached hydrogens (tertiary/aromatic N) is 5. The maximum absolute atomic E-state index is 13.2. The molecule has 178 valence electrons. The second kappa shape index (κ2) is 8.15. The van der Waals surface area contributed by atoms with E-state index >= 15 is 0 Å². The highest BCUT2D eigenvalue weighted by Crippen LogP contribution is 2.33. The minimum Gasteiger partial charge on any atom is -0.454 e. The number of ether oxygens (including phenoxy) is 2. The van der Waals surface area contributed by atoms with Gasteiger partial charge >= 0.3 is 5.69 Å². The molecule has 6 rings (SSSR count). The van der Waals surface area contributed by atoms with E-state index in [1.165, 1.54) is 23.0 Å². The molecule has 0 spiro atoms. The van der Waals surface area contributed by atoms with Crippen molar-refractivity contribution in [3.05, 3.63) is 74.6 Å². The first kappa shape index (κ1) is 21.2. The van der Waals surface area contributed by atoms with Gasteiger partial charge in [-0.1, -0.05) is 17.7 Å². The van der Waals surface area contributed by atoms with Gasteiger partial charge in [-0.15, -0.1) is 0 Å². The molecule has 35 heavy (non-hydrogen) atoms. The highest BCUT2D eigenvalue weighted by molar-refractivity contribution is 5.74. The Hall–Kier alpha value is -4.34. The van der Waals surface area contributed by atoms with Crippen molar-refractivity contribution in [2.75, 3.05) is 42.8 Å². The van der Waals surface area contributed by atoms with E-state index in [0.717, 1.165) is 30.7 Å². The summed E-state index contributed by atoms with van der Waals surface area (Å²) in [7, 11) is 0. The van der Waals surface area contributed by atoms with E-state index < -0.39 is 11.2 Å². The molecular formula is C25H24N6O4. The average molecular weight is 473 g/mol. The number of anilines is 2. The van der Waals surface area contributed by atoms with Crippen LogP contribution in [-0.2, 0) is 0 Å². The number of piperazine rings is 1. The van der Waals surface area contributed by atoms with Crippen molar-refractivity contribution in [1.82, 2.24) is 19.5 Å². The first-order valence-electron chi connectivity index (χ1n) is 11.5. The standard InChI is InChI=1S/C25H24N6O4/c1-15-3-5-19(16(2)11-15)29-7-9-30(10-8-29)24-26-13-18-22(27-24)28-25(33)31(23(18)32)17-4-6-20-21(12-17)35-14-34-20/h3-6,11-13H,7-10,14H2,1-2H3,(H,26,27,28,33). The molecule has 0 atom stereocenters. The van der Waals surface area contributed by atoms with Gasteiger partial charge in [-0.3, -0.25) is 9.78 Å². The highest BCUT2D eigenvalue weighted by atomic mass is 16.7. The van der Waals surface area contributed by atoms with Crippen molar-refractivity contribution < 1.29 is 9.47 Å². The Morgan fingerprint density at radius 3 is 2.49 bits per heavy atom. The van der Waals surface area contributed by atoms with Gasteiger partial charge in [-0.25, -0.2) is 14.3 Å². The van der Waals surface area contributed by atoms with Crippen LogP contribution in [0.5, 0.6) is 11.5 Å². The molecule has 2 aliphatic heterocycles. The van der Waals surface area contributed by atoms with Crippen LogP contribution in [0, 0.1) is 13.8 Å². The highest BCUT2D eigenvalue weighted by Gasteiger charge is 2.22. The van der Waals surface area contributed by atoms with Crippen LogP contribution >= 0.6 is 0 Å². The van der Waals surface area contributed by atoms with Crippen LogP contribution in [-0.4, -0.2) is 52.5 Å². The predicted octanol–water partition coefficient (Wildman–Crippen LogP) is 2.14. The minimum atomic E-state index is -0.578. The second-order valence-corrected chi connectivity index (χ2v) is 8.80. The number of aryl methyl sites for hydroxylation is 2. The third kappa shape index (κ3) is 3.67. The summed E-state index contributed by atoms with van der Waals surface area (Å²) in [6.07, 6.45) is 1.48. The SMILES string of the molecule is Cc1ccc(N2CCN(c3ncc4c(=O)n(-c5ccc6c(c5)OCO6)c(=O)[nH]c4n3)CC2)c(C)c1. The normalized spacial score (nSPS) is 15.1. The van der Waals surface area contributed by atoms with Crippen LogP contribution in [0.4, 0.5) is 11.6 Å². The Kier molecular flexibility index (Phi) is 4.94. The van der Waals surface area contributed by atoms with Crippen LogP contribution in [0.2, 0.25) is 0 Å². The smallest absolute Gasteiger partial charge is 0.334 e. The maximum atomic E-state index is 13.2. The number of aromatic amines is 1. The number of benzene rings is 2. The fraction of sp³-hybridized carbons (Fsp3) is 0.280. The Labute approximate surface area is 200 Å². The first-order valence-corrected chi connectivity index (χ1v) is 11.5. The number of nitrogens with one attached hydrogen (secondary N) is 1. The lowest BCUT2D eigenvalue weighted by atomic mass is 10.1. The van der Waals surface area contributed by atoms with Gasteiger partial charge in [-0.05, 0) is 37.6 Å². The fourth-order valence-electron chi connectivity index (χ4n) is 4.71. The van der Waals surface area contributed by atoms with E-state index in [1.807, 2.05) is 0 Å². The minimum absolute atomic E-state index is 0.108. The summed E-state index contributed by atoms with van der Waals surface area (Å²) in [5.74, 6) is 1.55. The molecule has 0 radical (unpaired) electrons. The van der Waals surface area contributed by atoms with Crippen LogP contribution in [0.3, 0.4) is 0 Å². The van der Waals surface area contributed by atoms with Crippen molar-refractivity contribution in [1.29, 1.82) is 0 Å². The van der Waals surface area contributed by atoms with Gasteiger partial charge in [0, 0.05) is 44.1 Å². The van der Waals surface area contributed by atoms with E-state index in [0.29, 0.717) is 23.1 Å². The molecule has 1 saturated heterocycles. The zero-order valence-corrected chi connectivity index (χ0v) is 19.4. The summed E-state index contributed by atoms with van der Waals surface area (Å²) in [4.78, 5) is 42.2. The average Bonchev–Trinajstić information content (AvgIpc) is 3.32. The number of H-pyrrole nitrogens is 1. The molecule has 0 amide bonds. The molecule has 1 N–H and O–H groups in total. The van der Waals surface area contributed by atoms with E-state index in [1.54, 1.807) is 18.2 Å². The molecule has 0 saturated carbocycles. The molecule has 0 bridgehead atoms. The van der Waals surface area contributed by atoms with Crippen molar-refractivity contribution in [3.63, 3.8) is 0 Å². The Morgan fingerprint density at radius 1 is 0.914 bits per heavy atom. The predicted molar refractivity (Wildman–Crippen MR) is 132 cm³/mol. The lowest BCUT2D eigenvalue weighted by Gasteiger charge is -2.36. The van der Waals surface area contributed by atoms with Crippen LogP contribution in [0.25, 0.3) is 16.7 Å². The molecule has 1 fully saturated rings. The van der Waals surface area contributed by atoms with Crippen molar-refractivity contribution in [2.45, 2.75) is 13.8 Å². The molecule has 4 aromatic rings. The van der Waals surface area contributed by atoms with Crippen molar-refractivity contribution in [2.24, 2.45) is 0 Å². The van der Waals surface area contributed by atoms with E-state index in [2.05, 4.69) is 56.8 Å². The number of aromatic nitrogens is 4. The number of fused-ring (bicyclic) bond motifs is 2. The van der Waals surface area contributed by atoms with Crippen molar-refractivity contribution >= 4 is 22.7 Å². The van der Waals surface area contributed by atoms with Crippen LogP contribution < -0.4 is 30.5 Å². The molecule has 0 aliphatic carbocycles. The summed E-state index contributed by atoms with van der Waals surface area (Å²) in [6, 6.07) is 11.4. The quantitative estimate of drug-likeness (QED) is 0.484. The number of hydrogen-bond acceptors (Lipinski definition) is 8. The summed E-state index contributed by atoms with van der Waals surface area (Å²) in [5.41, 5.74) is 3.29. The molecule has 10 heteroatoms. The summed E-state index contributed by atoms with van der Waals surface area (Å²) < 4.78 is 11.7. The molecular weight excluding hydrogens is 448 g/mol. The van der Waals surface area contributed by atoms with E-state index in [-0.39, 0.29) is 17.8 Å². The third-order valence-electron chi connectivity index (χ3n) is 6.51. The lowest BCUT2D eigenvalue weighted by Crippen LogP contribution is -2.47. The molecule has 2 aromatic carbocycles. The van der Waals surface area contributed by atoms with Gasteiger partial charge in [0.2, 0.25) is 12.7 Å². The van der Waals surface area contributed by atoms with Gasteiger partial charge in [0.15, 0.2) is 17.1 Å². The van der Waals surface area contributed by atoms with Gasteiger partial charge in [0.25, 0.3) is 5.56 Å². The number of rotatable bonds is 3. The van der Waals surface area contributed by atoms with Crippen LogP contribution in [0.15, 0.2) is 52.2 Å². The van der Waals surface area contributed by atoms with E-state index in [9.17, 15) is 9.59 Å². The lowest BCUT2D eigenvalue weighted by molar-refractivity contribution is 0.174. The second-order valence-electron chi connectivity index (χ2n) is 8.80. The molecule has 2 aromatic heterocycles. The van der Waals surface area contributed by atoms with Gasteiger partial charge in [0.1, 0.15) is 5.39 Å². The van der Waals surface area contributed by atoms with Gasteiger partial charge in [-0.2, -0.15) is 4.98 Å². The van der Waals surface area contributed by atoms with Gasteiger partial charge in [0.05, 0.1) is 5.69 Å². The monoisotopic (exact) mass is 472 g/mol. The Morgan fingerprint density at radius 2 is 1.69 bits per heavy atom. The third-order valence-corrected chi connectivity index (χ3v) is 6.51. The fourth-order valence-corrected chi connectivity index (χ4v) is 4.71. The topological polar surface area (TPSA) is 106 Å². The first-order chi connectivity index (χ1) is 17.0. The number of hydrogen-bond donors (Lipinski definition) is 1. The molecule has 0 unspecified atom stereocenters. The Balaban J connectivity index is 1.27.